The Labute approximate surface area is 119 Å². The molecule has 110 valence electrons. The Morgan fingerprint density at radius 2 is 2.05 bits per heavy atom. The number of carboxylic acids is 1. The molecular formula is C16H22O4. The highest BCUT2D eigenvalue weighted by molar-refractivity contribution is 5.69. The van der Waals surface area contributed by atoms with Crippen LogP contribution in [0, 0.1) is 5.92 Å². The van der Waals surface area contributed by atoms with Gasteiger partial charge in [0.05, 0.1) is 20.6 Å². The van der Waals surface area contributed by atoms with Gasteiger partial charge in [0, 0.05) is 11.5 Å². The van der Waals surface area contributed by atoms with Gasteiger partial charge < -0.3 is 14.6 Å². The Balaban J connectivity index is 2.52. The van der Waals surface area contributed by atoms with Gasteiger partial charge in [0.2, 0.25) is 0 Å². The van der Waals surface area contributed by atoms with Crippen molar-refractivity contribution in [3.63, 3.8) is 0 Å². The van der Waals surface area contributed by atoms with Gasteiger partial charge in [0.1, 0.15) is 0 Å². The molecule has 4 nitrogen and oxygen atoms in total. The Bertz CT molecular complexity index is 491. The second-order valence-corrected chi connectivity index (χ2v) is 5.27. The van der Waals surface area contributed by atoms with Crippen LogP contribution in [0.15, 0.2) is 12.1 Å². The molecule has 1 fully saturated rings. The predicted molar refractivity (Wildman–Crippen MR) is 76.6 cm³/mol. The molecule has 0 radical (unpaired) electrons. The molecule has 1 aliphatic carbocycles. The van der Waals surface area contributed by atoms with Crippen LogP contribution in [0.3, 0.4) is 0 Å². The third kappa shape index (κ3) is 2.89. The van der Waals surface area contributed by atoms with Gasteiger partial charge in [0.25, 0.3) is 0 Å². The van der Waals surface area contributed by atoms with Crippen molar-refractivity contribution in [3.05, 3.63) is 23.3 Å². The fraction of sp³-hybridized carbons (Fsp3) is 0.562. The van der Waals surface area contributed by atoms with Gasteiger partial charge in [0.15, 0.2) is 11.5 Å². The summed E-state index contributed by atoms with van der Waals surface area (Å²) in [6.07, 6.45) is 3.21. The molecule has 1 atom stereocenters. The van der Waals surface area contributed by atoms with Crippen LogP contribution in [0.1, 0.15) is 43.2 Å². The molecule has 1 unspecified atom stereocenters. The van der Waals surface area contributed by atoms with E-state index in [2.05, 4.69) is 6.92 Å². The number of aryl methyl sites for hydroxylation is 1. The van der Waals surface area contributed by atoms with Gasteiger partial charge in [-0.05, 0) is 36.8 Å². The van der Waals surface area contributed by atoms with E-state index in [0.717, 1.165) is 30.4 Å². The monoisotopic (exact) mass is 278 g/mol. The summed E-state index contributed by atoms with van der Waals surface area (Å²) in [5.41, 5.74) is 2.18. The number of hydrogen-bond acceptors (Lipinski definition) is 3. The average molecular weight is 278 g/mol. The summed E-state index contributed by atoms with van der Waals surface area (Å²) >= 11 is 0. The maximum atomic E-state index is 11.2. The molecule has 2 rings (SSSR count). The van der Waals surface area contributed by atoms with Crippen LogP contribution >= 0.6 is 0 Å². The molecule has 1 aliphatic rings. The lowest BCUT2D eigenvalue weighted by molar-refractivity contribution is -0.137. The maximum Gasteiger partial charge on any atom is 0.303 e. The van der Waals surface area contributed by atoms with Crippen LogP contribution < -0.4 is 9.47 Å². The standard InChI is InChI=1S/C16H22O4/c1-4-10-7-8-13(19-2)16(20-3)15(10)12(9-14(17)18)11-5-6-11/h7-8,11-12H,4-6,9H2,1-3H3,(H,17,18). The second kappa shape index (κ2) is 6.16. The summed E-state index contributed by atoms with van der Waals surface area (Å²) < 4.78 is 10.9. The first kappa shape index (κ1) is 14.7. The SMILES string of the molecule is CCc1ccc(OC)c(OC)c1C(CC(=O)O)C1CC1. The fourth-order valence-corrected chi connectivity index (χ4v) is 2.90. The zero-order valence-electron chi connectivity index (χ0n) is 12.3. The Morgan fingerprint density at radius 1 is 1.35 bits per heavy atom. The molecule has 0 aromatic heterocycles. The quantitative estimate of drug-likeness (QED) is 0.832. The van der Waals surface area contributed by atoms with E-state index in [9.17, 15) is 9.90 Å². The first-order valence-corrected chi connectivity index (χ1v) is 7.07. The van der Waals surface area contributed by atoms with Crippen molar-refractivity contribution in [1.82, 2.24) is 0 Å². The van der Waals surface area contributed by atoms with E-state index in [1.165, 1.54) is 0 Å². The minimum absolute atomic E-state index is 0.0208. The summed E-state index contributed by atoms with van der Waals surface area (Å²) in [5, 5.41) is 9.20. The normalized spacial score (nSPS) is 15.8. The number of aliphatic carboxylic acids is 1. The summed E-state index contributed by atoms with van der Waals surface area (Å²) in [7, 11) is 3.22. The van der Waals surface area contributed by atoms with Gasteiger partial charge in [-0.15, -0.1) is 0 Å². The van der Waals surface area contributed by atoms with E-state index in [1.807, 2.05) is 12.1 Å². The number of carboxylic acid groups (broad SMARTS) is 1. The van der Waals surface area contributed by atoms with Gasteiger partial charge in [-0.3, -0.25) is 4.79 Å². The molecule has 0 aliphatic heterocycles. The number of ether oxygens (including phenoxy) is 2. The van der Waals surface area contributed by atoms with Gasteiger partial charge >= 0.3 is 5.97 Å². The summed E-state index contributed by atoms with van der Waals surface area (Å²) in [5.74, 6) is 1.10. The minimum Gasteiger partial charge on any atom is -0.493 e. The smallest absolute Gasteiger partial charge is 0.303 e. The van der Waals surface area contributed by atoms with Gasteiger partial charge in [-0.1, -0.05) is 13.0 Å². The van der Waals surface area contributed by atoms with Crippen LogP contribution in [0.4, 0.5) is 0 Å². The van der Waals surface area contributed by atoms with Crippen molar-refractivity contribution in [3.8, 4) is 11.5 Å². The maximum absolute atomic E-state index is 11.2. The van der Waals surface area contributed by atoms with Crippen molar-refractivity contribution >= 4 is 5.97 Å². The molecule has 1 N–H and O–H groups in total. The Morgan fingerprint density at radius 3 is 2.50 bits per heavy atom. The Kier molecular flexibility index (Phi) is 4.53. The molecule has 0 spiro atoms. The largest absolute Gasteiger partial charge is 0.493 e. The first-order chi connectivity index (χ1) is 9.62. The summed E-state index contributed by atoms with van der Waals surface area (Å²) in [4.78, 5) is 11.2. The lowest BCUT2D eigenvalue weighted by Crippen LogP contribution is -2.12. The molecule has 0 bridgehead atoms. The van der Waals surface area contributed by atoms with Crippen molar-refractivity contribution in [1.29, 1.82) is 0 Å². The predicted octanol–water partition coefficient (Wildman–Crippen LogP) is 3.23. The van der Waals surface area contributed by atoms with E-state index in [-0.39, 0.29) is 12.3 Å². The van der Waals surface area contributed by atoms with Crippen molar-refractivity contribution in [2.75, 3.05) is 14.2 Å². The van der Waals surface area contributed by atoms with E-state index in [4.69, 9.17) is 9.47 Å². The highest BCUT2D eigenvalue weighted by Gasteiger charge is 2.37. The molecule has 0 heterocycles. The molecule has 1 aromatic rings. The summed E-state index contributed by atoms with van der Waals surface area (Å²) in [6, 6.07) is 3.92. The van der Waals surface area contributed by atoms with Crippen LogP contribution in [0.5, 0.6) is 11.5 Å². The molecule has 1 saturated carbocycles. The molecule has 20 heavy (non-hydrogen) atoms. The molecular weight excluding hydrogens is 256 g/mol. The van der Waals surface area contributed by atoms with E-state index < -0.39 is 5.97 Å². The van der Waals surface area contributed by atoms with E-state index in [0.29, 0.717) is 17.4 Å². The van der Waals surface area contributed by atoms with E-state index in [1.54, 1.807) is 14.2 Å². The van der Waals surface area contributed by atoms with E-state index >= 15 is 0 Å². The van der Waals surface area contributed by atoms with Crippen LogP contribution in [-0.2, 0) is 11.2 Å². The van der Waals surface area contributed by atoms with Crippen LogP contribution in [0.25, 0.3) is 0 Å². The number of rotatable bonds is 7. The topological polar surface area (TPSA) is 55.8 Å². The lowest BCUT2D eigenvalue weighted by Gasteiger charge is -2.23. The van der Waals surface area contributed by atoms with Crippen molar-refractivity contribution in [2.24, 2.45) is 5.92 Å². The van der Waals surface area contributed by atoms with Gasteiger partial charge in [-0.25, -0.2) is 0 Å². The zero-order valence-corrected chi connectivity index (χ0v) is 12.3. The molecule has 1 aromatic carbocycles. The Hall–Kier alpha value is -1.71. The van der Waals surface area contributed by atoms with Crippen molar-refractivity contribution in [2.45, 2.75) is 38.5 Å². The number of carbonyl (C=O) groups is 1. The zero-order chi connectivity index (χ0) is 14.7. The third-order valence-corrected chi connectivity index (χ3v) is 4.01. The highest BCUT2D eigenvalue weighted by Crippen LogP contribution is 2.50. The second-order valence-electron chi connectivity index (χ2n) is 5.27. The number of hydrogen-bond donors (Lipinski definition) is 1. The first-order valence-electron chi connectivity index (χ1n) is 7.07. The minimum atomic E-state index is -0.756. The fourth-order valence-electron chi connectivity index (χ4n) is 2.90. The molecule has 0 saturated heterocycles. The highest BCUT2D eigenvalue weighted by atomic mass is 16.5. The summed E-state index contributed by atoms with van der Waals surface area (Å²) in [6.45, 7) is 2.08. The number of methoxy groups -OCH3 is 2. The van der Waals surface area contributed by atoms with Crippen molar-refractivity contribution < 1.29 is 19.4 Å². The third-order valence-electron chi connectivity index (χ3n) is 4.01. The number of benzene rings is 1. The molecule has 4 heteroatoms. The van der Waals surface area contributed by atoms with Gasteiger partial charge in [-0.2, -0.15) is 0 Å². The average Bonchev–Trinajstić information content (AvgIpc) is 3.27. The lowest BCUT2D eigenvalue weighted by atomic mass is 9.85. The van der Waals surface area contributed by atoms with Crippen LogP contribution in [-0.4, -0.2) is 25.3 Å². The van der Waals surface area contributed by atoms with Crippen LogP contribution in [0.2, 0.25) is 0 Å². The molecule has 0 amide bonds.